The van der Waals surface area contributed by atoms with Gasteiger partial charge in [-0.3, -0.25) is 4.79 Å². The number of thioether (sulfide) groups is 1. The predicted molar refractivity (Wildman–Crippen MR) is 93.1 cm³/mol. The van der Waals surface area contributed by atoms with Gasteiger partial charge in [-0.15, -0.1) is 11.3 Å². The highest BCUT2D eigenvalue weighted by atomic mass is 32.2. The first-order valence-corrected chi connectivity index (χ1v) is 9.68. The molecule has 0 spiro atoms. The molecular formula is C16H22N2O2S2. The van der Waals surface area contributed by atoms with Crippen LogP contribution in [0.4, 0.5) is 0 Å². The maximum absolute atomic E-state index is 12.5. The van der Waals surface area contributed by atoms with Crippen molar-refractivity contribution in [3.8, 4) is 0 Å². The minimum absolute atomic E-state index is 0.00171. The van der Waals surface area contributed by atoms with E-state index in [9.17, 15) is 4.79 Å². The third-order valence-electron chi connectivity index (χ3n) is 4.31. The Kier molecular flexibility index (Phi) is 4.61. The molecule has 1 aliphatic heterocycles. The molecule has 0 unspecified atom stereocenters. The molecule has 2 aromatic heterocycles. The van der Waals surface area contributed by atoms with E-state index in [-0.39, 0.29) is 11.2 Å². The average Bonchev–Trinajstić information content (AvgIpc) is 2.85. The normalized spacial score (nSPS) is 21.2. The predicted octanol–water partition coefficient (Wildman–Crippen LogP) is 4.12. The van der Waals surface area contributed by atoms with E-state index in [2.05, 4.69) is 30.7 Å². The standard InChI is InChI=1S/C16H22N2O2S2/c1-4-6-7-21-15-17-13(19)12-10-8-16(3,5-2)20-9-11(10)22-14(12)18-15/h4-9H2,1-3H3,(H,17,18,19)/t16-/m0/s1. The van der Waals surface area contributed by atoms with Crippen molar-refractivity contribution in [2.75, 3.05) is 5.75 Å². The lowest BCUT2D eigenvalue weighted by Crippen LogP contribution is -2.34. The van der Waals surface area contributed by atoms with Crippen LogP contribution in [-0.4, -0.2) is 21.3 Å². The molecule has 22 heavy (non-hydrogen) atoms. The topological polar surface area (TPSA) is 55.0 Å². The summed E-state index contributed by atoms with van der Waals surface area (Å²) in [6, 6.07) is 0. The van der Waals surface area contributed by atoms with Gasteiger partial charge in [-0.25, -0.2) is 4.98 Å². The number of ether oxygens (including phenoxy) is 1. The van der Waals surface area contributed by atoms with Gasteiger partial charge in [0.05, 0.1) is 17.6 Å². The zero-order valence-corrected chi connectivity index (χ0v) is 15.0. The summed E-state index contributed by atoms with van der Waals surface area (Å²) < 4.78 is 5.99. The van der Waals surface area contributed by atoms with Crippen LogP contribution in [0.15, 0.2) is 9.95 Å². The first-order valence-electron chi connectivity index (χ1n) is 7.87. The molecule has 4 nitrogen and oxygen atoms in total. The van der Waals surface area contributed by atoms with E-state index in [0.717, 1.165) is 57.2 Å². The van der Waals surface area contributed by atoms with E-state index < -0.39 is 0 Å². The van der Waals surface area contributed by atoms with Gasteiger partial charge < -0.3 is 9.72 Å². The molecule has 0 aromatic carbocycles. The van der Waals surface area contributed by atoms with Crippen LogP contribution in [0.3, 0.4) is 0 Å². The van der Waals surface area contributed by atoms with Gasteiger partial charge in [0.1, 0.15) is 4.83 Å². The fourth-order valence-electron chi connectivity index (χ4n) is 2.67. The molecule has 0 saturated heterocycles. The summed E-state index contributed by atoms with van der Waals surface area (Å²) in [7, 11) is 0. The minimum Gasteiger partial charge on any atom is -0.369 e. The van der Waals surface area contributed by atoms with Gasteiger partial charge in [0, 0.05) is 17.1 Å². The Labute approximate surface area is 138 Å². The van der Waals surface area contributed by atoms with Crippen molar-refractivity contribution in [2.24, 2.45) is 0 Å². The van der Waals surface area contributed by atoms with Crippen molar-refractivity contribution in [2.45, 2.75) is 63.8 Å². The van der Waals surface area contributed by atoms with Crippen LogP contribution in [-0.2, 0) is 17.8 Å². The van der Waals surface area contributed by atoms with Gasteiger partial charge >= 0.3 is 0 Å². The van der Waals surface area contributed by atoms with E-state index in [0.29, 0.717) is 6.61 Å². The Hall–Kier alpha value is -0.850. The molecule has 6 heteroatoms. The summed E-state index contributed by atoms with van der Waals surface area (Å²) in [6.07, 6.45) is 4.03. The third-order valence-corrected chi connectivity index (χ3v) is 6.37. The number of nitrogens with zero attached hydrogens (tertiary/aromatic N) is 1. The summed E-state index contributed by atoms with van der Waals surface area (Å²) >= 11 is 3.24. The summed E-state index contributed by atoms with van der Waals surface area (Å²) in [5.41, 5.74) is 0.985. The van der Waals surface area contributed by atoms with E-state index in [1.54, 1.807) is 23.1 Å². The second kappa shape index (κ2) is 6.34. The lowest BCUT2D eigenvalue weighted by molar-refractivity contribution is -0.0543. The molecule has 1 atom stereocenters. The number of fused-ring (bicyclic) bond motifs is 3. The summed E-state index contributed by atoms with van der Waals surface area (Å²) in [5, 5.41) is 1.52. The molecule has 0 fully saturated rings. The van der Waals surface area contributed by atoms with E-state index >= 15 is 0 Å². The van der Waals surface area contributed by atoms with Crippen LogP contribution in [0, 0.1) is 0 Å². The number of unbranched alkanes of at least 4 members (excludes halogenated alkanes) is 1. The SMILES string of the molecule is CCCCSc1nc2sc3c(c2c(=O)[nH]1)C[C@](C)(CC)OC3. The molecule has 0 saturated carbocycles. The number of hydrogen-bond donors (Lipinski definition) is 1. The molecule has 0 bridgehead atoms. The Bertz CT molecular complexity index is 738. The number of nitrogens with one attached hydrogen (secondary N) is 1. The van der Waals surface area contributed by atoms with Gasteiger partial charge in [-0.1, -0.05) is 32.0 Å². The van der Waals surface area contributed by atoms with Gasteiger partial charge in [-0.2, -0.15) is 0 Å². The van der Waals surface area contributed by atoms with Crippen LogP contribution in [0.5, 0.6) is 0 Å². The van der Waals surface area contributed by atoms with Crippen LogP contribution in [0.1, 0.15) is 50.5 Å². The van der Waals surface area contributed by atoms with Gasteiger partial charge in [0.25, 0.3) is 5.56 Å². The summed E-state index contributed by atoms with van der Waals surface area (Å²) in [6.45, 7) is 7.01. The van der Waals surface area contributed by atoms with Crippen LogP contribution < -0.4 is 5.56 Å². The largest absolute Gasteiger partial charge is 0.369 e. The van der Waals surface area contributed by atoms with Gasteiger partial charge in [0.2, 0.25) is 0 Å². The second-order valence-corrected chi connectivity index (χ2v) is 8.19. The number of aromatic amines is 1. The number of thiophene rings is 1. The second-order valence-electron chi connectivity index (χ2n) is 6.03. The first-order chi connectivity index (χ1) is 10.6. The molecule has 0 amide bonds. The fraction of sp³-hybridized carbons (Fsp3) is 0.625. The zero-order valence-electron chi connectivity index (χ0n) is 13.3. The number of rotatable bonds is 5. The monoisotopic (exact) mass is 338 g/mol. The Balaban J connectivity index is 1.99. The van der Waals surface area contributed by atoms with Crippen molar-refractivity contribution >= 4 is 33.3 Å². The Morgan fingerprint density at radius 3 is 3.00 bits per heavy atom. The van der Waals surface area contributed by atoms with Crippen LogP contribution in [0.2, 0.25) is 0 Å². The maximum atomic E-state index is 12.5. The number of aromatic nitrogens is 2. The van der Waals surface area contributed by atoms with Crippen molar-refractivity contribution in [1.82, 2.24) is 9.97 Å². The quantitative estimate of drug-likeness (QED) is 0.506. The Morgan fingerprint density at radius 2 is 2.27 bits per heavy atom. The highest BCUT2D eigenvalue weighted by Gasteiger charge is 2.32. The number of hydrogen-bond acceptors (Lipinski definition) is 5. The first kappa shape index (κ1) is 16.0. The maximum Gasteiger partial charge on any atom is 0.260 e. The van der Waals surface area contributed by atoms with Crippen molar-refractivity contribution in [1.29, 1.82) is 0 Å². The van der Waals surface area contributed by atoms with Crippen molar-refractivity contribution in [3.05, 3.63) is 20.8 Å². The minimum atomic E-state index is -0.165. The fourth-order valence-corrected chi connectivity index (χ4v) is 4.78. The van der Waals surface area contributed by atoms with Crippen molar-refractivity contribution in [3.63, 3.8) is 0 Å². The van der Waals surface area contributed by atoms with Crippen LogP contribution >= 0.6 is 23.1 Å². The van der Waals surface area contributed by atoms with E-state index in [1.165, 1.54) is 0 Å². The lowest BCUT2D eigenvalue weighted by Gasteiger charge is -2.32. The molecule has 2 aromatic rings. The molecule has 1 aliphatic rings. The summed E-state index contributed by atoms with van der Waals surface area (Å²) in [5.74, 6) is 0.993. The number of H-pyrrole nitrogens is 1. The molecule has 0 radical (unpaired) electrons. The molecule has 3 heterocycles. The Morgan fingerprint density at radius 1 is 1.45 bits per heavy atom. The van der Waals surface area contributed by atoms with E-state index in [1.807, 2.05) is 0 Å². The zero-order chi connectivity index (χ0) is 15.7. The van der Waals surface area contributed by atoms with Gasteiger partial charge in [0.15, 0.2) is 5.16 Å². The molecule has 0 aliphatic carbocycles. The highest BCUT2D eigenvalue weighted by Crippen LogP contribution is 2.38. The lowest BCUT2D eigenvalue weighted by atomic mass is 9.90. The smallest absolute Gasteiger partial charge is 0.260 e. The highest BCUT2D eigenvalue weighted by molar-refractivity contribution is 7.99. The molecular weight excluding hydrogens is 316 g/mol. The van der Waals surface area contributed by atoms with Crippen molar-refractivity contribution < 1.29 is 4.74 Å². The van der Waals surface area contributed by atoms with Crippen LogP contribution in [0.25, 0.3) is 10.2 Å². The molecule has 120 valence electrons. The molecule has 1 N–H and O–H groups in total. The third kappa shape index (κ3) is 2.96. The van der Waals surface area contributed by atoms with Gasteiger partial charge in [-0.05, 0) is 25.3 Å². The molecule has 3 rings (SSSR count). The average molecular weight is 338 g/mol. The summed E-state index contributed by atoms with van der Waals surface area (Å²) in [4.78, 5) is 22.2. The van der Waals surface area contributed by atoms with E-state index in [4.69, 9.17) is 4.74 Å².